The molecule has 1 aliphatic rings. The van der Waals surface area contributed by atoms with Crippen LogP contribution in [0.25, 0.3) is 0 Å². The summed E-state index contributed by atoms with van der Waals surface area (Å²) in [6.07, 6.45) is 2.61. The third-order valence-corrected chi connectivity index (χ3v) is 4.79. The molecule has 7 nitrogen and oxygen atoms in total. The molecule has 1 fully saturated rings. The topological polar surface area (TPSA) is 83.3 Å². The minimum atomic E-state index is -0.0798. The summed E-state index contributed by atoms with van der Waals surface area (Å²) < 4.78 is 5.46. The number of benzene rings is 1. The highest BCUT2D eigenvalue weighted by Crippen LogP contribution is 2.26. The van der Waals surface area contributed by atoms with Gasteiger partial charge in [0.25, 0.3) is 0 Å². The Morgan fingerprint density at radius 3 is 3.00 bits per heavy atom. The van der Waals surface area contributed by atoms with Gasteiger partial charge in [-0.15, -0.1) is 12.4 Å². The summed E-state index contributed by atoms with van der Waals surface area (Å²) in [6, 6.07) is 8.03. The van der Waals surface area contributed by atoms with E-state index in [1.807, 2.05) is 43.1 Å². The fourth-order valence-corrected chi connectivity index (χ4v) is 3.18. The largest absolute Gasteiger partial charge is 0.339 e. The van der Waals surface area contributed by atoms with Crippen LogP contribution in [0.4, 0.5) is 10.5 Å². The molecule has 27 heavy (non-hydrogen) atoms. The predicted octanol–water partition coefficient (Wildman–Crippen LogP) is 3.36. The maximum Gasteiger partial charge on any atom is 0.321 e. The third kappa shape index (κ3) is 5.68. The molecule has 2 heterocycles. The minimum Gasteiger partial charge on any atom is -0.339 e. The highest BCUT2D eigenvalue weighted by Gasteiger charge is 2.28. The fraction of sp³-hybridized carbons (Fsp3) is 0.526. The summed E-state index contributed by atoms with van der Waals surface area (Å²) in [6.45, 7) is 5.43. The number of anilines is 1. The van der Waals surface area contributed by atoms with E-state index < -0.39 is 0 Å². The van der Waals surface area contributed by atoms with Gasteiger partial charge in [0.1, 0.15) is 0 Å². The monoisotopic (exact) mass is 393 g/mol. The Balaban J connectivity index is 0.00000261. The van der Waals surface area contributed by atoms with E-state index in [0.29, 0.717) is 24.3 Å². The molecule has 8 heteroatoms. The number of piperidine rings is 1. The zero-order valence-electron chi connectivity index (χ0n) is 16.1. The second kappa shape index (κ2) is 9.71. The standard InChI is InChI=1S/C19H27N5O2.ClH/c1-13-6-4-8-16(10-13)21-19(25)24-9-5-7-15(12-24)18-22-17(23-26-18)11-14(2)20-3;/h4,6,8,10,14-15,20H,5,7,9,11-12H2,1-3H3,(H,21,25);1H. The van der Waals surface area contributed by atoms with Crippen molar-refractivity contribution in [1.82, 2.24) is 20.4 Å². The molecular formula is C19H28ClN5O2. The van der Waals surface area contributed by atoms with Crippen LogP contribution in [0.3, 0.4) is 0 Å². The van der Waals surface area contributed by atoms with Crippen LogP contribution in [0.5, 0.6) is 0 Å². The number of amides is 2. The lowest BCUT2D eigenvalue weighted by Gasteiger charge is -2.31. The third-order valence-electron chi connectivity index (χ3n) is 4.79. The van der Waals surface area contributed by atoms with Gasteiger partial charge in [-0.3, -0.25) is 0 Å². The average Bonchev–Trinajstić information content (AvgIpc) is 3.10. The molecule has 2 N–H and O–H groups in total. The van der Waals surface area contributed by atoms with Gasteiger partial charge in [0.2, 0.25) is 5.89 Å². The number of likely N-dealkylation sites (tertiary alicyclic amines) is 1. The van der Waals surface area contributed by atoms with Crippen LogP contribution < -0.4 is 10.6 Å². The summed E-state index contributed by atoms with van der Waals surface area (Å²) in [5.74, 6) is 1.44. The number of carbonyl (C=O) groups is 1. The second-order valence-corrected chi connectivity index (χ2v) is 7.03. The lowest BCUT2D eigenvalue weighted by Crippen LogP contribution is -2.41. The lowest BCUT2D eigenvalue weighted by molar-refractivity contribution is 0.184. The predicted molar refractivity (Wildman–Crippen MR) is 108 cm³/mol. The van der Waals surface area contributed by atoms with Crippen molar-refractivity contribution in [1.29, 1.82) is 0 Å². The van der Waals surface area contributed by atoms with Gasteiger partial charge in [0.15, 0.2) is 5.82 Å². The molecule has 2 aromatic rings. The van der Waals surface area contributed by atoms with Crippen molar-refractivity contribution in [2.45, 2.75) is 45.1 Å². The summed E-state index contributed by atoms with van der Waals surface area (Å²) in [5.41, 5.74) is 1.94. The first kappa shape index (κ1) is 21.2. The fourth-order valence-electron chi connectivity index (χ4n) is 3.18. The summed E-state index contributed by atoms with van der Waals surface area (Å²) in [5, 5.41) is 10.2. The highest BCUT2D eigenvalue weighted by atomic mass is 35.5. The number of carbonyl (C=O) groups excluding carboxylic acids is 1. The molecule has 2 atom stereocenters. The molecule has 0 radical (unpaired) electrons. The number of rotatable bonds is 5. The number of urea groups is 1. The van der Waals surface area contributed by atoms with Gasteiger partial charge in [-0.25, -0.2) is 4.79 Å². The molecule has 3 rings (SSSR count). The Bertz CT molecular complexity index is 751. The molecule has 1 aliphatic heterocycles. The van der Waals surface area contributed by atoms with Gasteiger partial charge in [0, 0.05) is 31.2 Å². The first-order chi connectivity index (χ1) is 12.5. The van der Waals surface area contributed by atoms with E-state index in [2.05, 4.69) is 27.7 Å². The number of aromatic nitrogens is 2. The molecule has 1 aromatic heterocycles. The zero-order valence-corrected chi connectivity index (χ0v) is 16.9. The SMILES string of the molecule is CNC(C)Cc1noc(C2CCCN(C(=O)Nc3cccc(C)c3)C2)n1.Cl. The normalized spacial score (nSPS) is 17.9. The number of aryl methyl sites for hydroxylation is 1. The van der Waals surface area contributed by atoms with Gasteiger partial charge in [-0.2, -0.15) is 4.98 Å². The number of halogens is 1. The summed E-state index contributed by atoms with van der Waals surface area (Å²) >= 11 is 0. The van der Waals surface area contributed by atoms with Crippen LogP contribution in [0.15, 0.2) is 28.8 Å². The highest BCUT2D eigenvalue weighted by molar-refractivity contribution is 5.89. The lowest BCUT2D eigenvalue weighted by atomic mass is 9.98. The van der Waals surface area contributed by atoms with Crippen molar-refractivity contribution >= 4 is 24.1 Å². The van der Waals surface area contributed by atoms with Crippen LogP contribution in [0, 0.1) is 6.92 Å². The van der Waals surface area contributed by atoms with Crippen molar-refractivity contribution in [2.75, 3.05) is 25.5 Å². The number of nitrogens with one attached hydrogen (secondary N) is 2. The molecule has 148 valence electrons. The maximum absolute atomic E-state index is 12.6. The molecular weight excluding hydrogens is 366 g/mol. The Kier molecular flexibility index (Phi) is 7.62. The molecule has 1 saturated heterocycles. The van der Waals surface area contributed by atoms with E-state index in [0.717, 1.165) is 37.1 Å². The van der Waals surface area contributed by atoms with Crippen LogP contribution in [-0.2, 0) is 6.42 Å². The van der Waals surface area contributed by atoms with E-state index in [1.165, 1.54) is 0 Å². The maximum atomic E-state index is 12.6. The average molecular weight is 394 g/mol. The molecule has 0 saturated carbocycles. The first-order valence-corrected chi connectivity index (χ1v) is 9.17. The van der Waals surface area contributed by atoms with E-state index in [-0.39, 0.29) is 24.4 Å². The summed E-state index contributed by atoms with van der Waals surface area (Å²) in [7, 11) is 1.91. The van der Waals surface area contributed by atoms with E-state index in [4.69, 9.17) is 4.52 Å². The van der Waals surface area contributed by atoms with Crippen molar-refractivity contribution in [2.24, 2.45) is 0 Å². The Hall–Kier alpha value is -2.12. The van der Waals surface area contributed by atoms with Crippen molar-refractivity contribution in [3.63, 3.8) is 0 Å². The number of hydrogen-bond donors (Lipinski definition) is 2. The van der Waals surface area contributed by atoms with Crippen LogP contribution >= 0.6 is 12.4 Å². The van der Waals surface area contributed by atoms with Gasteiger partial charge in [0.05, 0.1) is 5.92 Å². The van der Waals surface area contributed by atoms with Gasteiger partial charge in [-0.1, -0.05) is 17.3 Å². The minimum absolute atomic E-state index is 0. The number of hydrogen-bond acceptors (Lipinski definition) is 5. The molecule has 1 aromatic carbocycles. The second-order valence-electron chi connectivity index (χ2n) is 7.03. The molecule has 2 unspecified atom stereocenters. The van der Waals surface area contributed by atoms with E-state index in [9.17, 15) is 4.79 Å². The number of likely N-dealkylation sites (N-methyl/N-ethyl adjacent to an activating group) is 1. The van der Waals surface area contributed by atoms with Crippen LogP contribution in [0.2, 0.25) is 0 Å². The molecule has 0 spiro atoms. The van der Waals surface area contributed by atoms with Crippen molar-refractivity contribution in [3.8, 4) is 0 Å². The Morgan fingerprint density at radius 2 is 2.26 bits per heavy atom. The number of nitrogens with zero attached hydrogens (tertiary/aromatic N) is 3. The van der Waals surface area contributed by atoms with Gasteiger partial charge < -0.3 is 20.1 Å². The Labute approximate surface area is 166 Å². The molecule has 2 amide bonds. The van der Waals surface area contributed by atoms with Crippen molar-refractivity contribution in [3.05, 3.63) is 41.5 Å². The van der Waals surface area contributed by atoms with E-state index >= 15 is 0 Å². The summed E-state index contributed by atoms with van der Waals surface area (Å²) in [4.78, 5) is 19.0. The smallest absolute Gasteiger partial charge is 0.321 e. The molecule has 0 bridgehead atoms. The zero-order chi connectivity index (χ0) is 18.5. The van der Waals surface area contributed by atoms with Gasteiger partial charge >= 0.3 is 6.03 Å². The van der Waals surface area contributed by atoms with Crippen molar-refractivity contribution < 1.29 is 9.32 Å². The van der Waals surface area contributed by atoms with Gasteiger partial charge in [-0.05, 0) is 51.4 Å². The Morgan fingerprint density at radius 1 is 1.44 bits per heavy atom. The van der Waals surface area contributed by atoms with E-state index in [1.54, 1.807) is 0 Å². The van der Waals surface area contributed by atoms with Crippen LogP contribution in [0.1, 0.15) is 43.0 Å². The quantitative estimate of drug-likeness (QED) is 0.813. The van der Waals surface area contributed by atoms with Crippen LogP contribution in [-0.4, -0.2) is 47.3 Å². The first-order valence-electron chi connectivity index (χ1n) is 9.17. The molecule has 0 aliphatic carbocycles.